The first-order valence-electron chi connectivity index (χ1n) is 14.7. The monoisotopic (exact) mass is 534 g/mol. The molecule has 5 heteroatoms. The molecule has 0 aromatic heterocycles. The standard InChI is InChI=1S/C33H39ClO4/c1-30(16-20-3-4-20)11-13-32-27-22-7-10-25(35)28(27)38-29(32)33(36-2)14-12-31(32,26(30)15-22)17-23(33)19-37-18-21-5-8-24(34)9-6-21/h5-10,20,23,26,29,35H,3-4,11-19H2,1-2H3/t23-,26+,29-,30?,31-,32+,33-/m1/s1. The van der Waals surface area contributed by atoms with Crippen molar-refractivity contribution in [2.75, 3.05) is 13.7 Å². The van der Waals surface area contributed by atoms with Gasteiger partial charge in [0.2, 0.25) is 0 Å². The van der Waals surface area contributed by atoms with Crippen molar-refractivity contribution in [3.05, 3.63) is 58.1 Å². The Morgan fingerprint density at radius 1 is 1.05 bits per heavy atom. The number of fused-ring (bicyclic) bond motifs is 2. The van der Waals surface area contributed by atoms with Crippen LogP contribution in [-0.4, -0.2) is 30.5 Å². The van der Waals surface area contributed by atoms with Crippen LogP contribution in [0.4, 0.5) is 0 Å². The normalized spacial score (nSPS) is 41.6. The maximum absolute atomic E-state index is 11.0. The van der Waals surface area contributed by atoms with E-state index in [-0.39, 0.29) is 22.9 Å². The van der Waals surface area contributed by atoms with Gasteiger partial charge in [-0.1, -0.05) is 49.6 Å². The van der Waals surface area contributed by atoms with E-state index in [1.165, 1.54) is 43.2 Å². The van der Waals surface area contributed by atoms with E-state index in [0.29, 0.717) is 30.3 Å². The lowest BCUT2D eigenvalue weighted by molar-refractivity contribution is -0.294. The minimum absolute atomic E-state index is 0.0661. The van der Waals surface area contributed by atoms with Crippen molar-refractivity contribution in [2.24, 2.45) is 28.6 Å². The van der Waals surface area contributed by atoms with E-state index in [4.69, 9.17) is 25.8 Å². The molecular formula is C33H39ClO4. The zero-order valence-electron chi connectivity index (χ0n) is 22.6. The summed E-state index contributed by atoms with van der Waals surface area (Å²) < 4.78 is 20.0. The number of ether oxygens (including phenoxy) is 3. The molecule has 1 aliphatic heterocycles. The predicted octanol–water partition coefficient (Wildman–Crippen LogP) is 7.22. The van der Waals surface area contributed by atoms with Gasteiger partial charge >= 0.3 is 0 Å². The van der Waals surface area contributed by atoms with E-state index in [0.717, 1.165) is 47.9 Å². The van der Waals surface area contributed by atoms with Crippen molar-refractivity contribution < 1.29 is 19.3 Å². The number of halogens is 1. The zero-order chi connectivity index (χ0) is 25.9. The first kappa shape index (κ1) is 24.1. The molecular weight excluding hydrogens is 496 g/mol. The second-order valence-corrected chi connectivity index (χ2v) is 14.3. The van der Waals surface area contributed by atoms with Gasteiger partial charge in [0.1, 0.15) is 11.7 Å². The Morgan fingerprint density at radius 2 is 1.87 bits per heavy atom. The van der Waals surface area contributed by atoms with Crippen molar-refractivity contribution in [3.8, 4) is 11.5 Å². The average molecular weight is 535 g/mol. The number of methoxy groups -OCH3 is 1. The van der Waals surface area contributed by atoms with Crippen molar-refractivity contribution >= 4 is 11.6 Å². The Balaban J connectivity index is 1.21. The molecule has 6 aliphatic carbocycles. The van der Waals surface area contributed by atoms with Gasteiger partial charge in [-0.3, -0.25) is 0 Å². The maximum atomic E-state index is 11.0. The minimum atomic E-state index is -0.406. The summed E-state index contributed by atoms with van der Waals surface area (Å²) in [4.78, 5) is 0. The minimum Gasteiger partial charge on any atom is -0.504 e. The smallest absolute Gasteiger partial charge is 0.165 e. The number of hydrogen-bond acceptors (Lipinski definition) is 4. The molecule has 5 saturated carbocycles. The van der Waals surface area contributed by atoms with Gasteiger partial charge in [0, 0.05) is 29.0 Å². The highest BCUT2D eigenvalue weighted by Crippen LogP contribution is 2.81. The Kier molecular flexibility index (Phi) is 5.02. The molecule has 5 fully saturated rings. The molecule has 2 spiro atoms. The van der Waals surface area contributed by atoms with Gasteiger partial charge in [-0.25, -0.2) is 0 Å². The molecule has 9 rings (SSSR count). The van der Waals surface area contributed by atoms with Gasteiger partial charge in [-0.05, 0) is 96.9 Å². The van der Waals surface area contributed by atoms with Gasteiger partial charge in [0.15, 0.2) is 11.5 Å². The van der Waals surface area contributed by atoms with Gasteiger partial charge in [0.25, 0.3) is 0 Å². The Morgan fingerprint density at radius 3 is 2.63 bits per heavy atom. The van der Waals surface area contributed by atoms with Crippen LogP contribution < -0.4 is 4.74 Å². The first-order valence-corrected chi connectivity index (χ1v) is 15.1. The number of phenols is 1. The third-order valence-corrected chi connectivity index (χ3v) is 12.6. The molecule has 4 nitrogen and oxygen atoms in total. The van der Waals surface area contributed by atoms with E-state index >= 15 is 0 Å². The summed E-state index contributed by atoms with van der Waals surface area (Å²) in [5, 5.41) is 11.8. The molecule has 0 saturated heterocycles. The van der Waals surface area contributed by atoms with Crippen LogP contribution in [0.5, 0.6) is 11.5 Å². The van der Waals surface area contributed by atoms with Crippen LogP contribution in [0.1, 0.15) is 75.0 Å². The van der Waals surface area contributed by atoms with Gasteiger partial charge < -0.3 is 19.3 Å². The lowest BCUT2D eigenvalue weighted by Crippen LogP contribution is -2.79. The highest BCUT2D eigenvalue weighted by Gasteiger charge is 2.81. The maximum Gasteiger partial charge on any atom is 0.165 e. The number of phenolic OH excluding ortho intramolecular Hbond substituents is 1. The molecule has 2 aromatic carbocycles. The van der Waals surface area contributed by atoms with E-state index in [1.807, 2.05) is 37.4 Å². The van der Waals surface area contributed by atoms with Gasteiger partial charge in [-0.15, -0.1) is 0 Å². The van der Waals surface area contributed by atoms with E-state index < -0.39 is 5.60 Å². The summed E-state index contributed by atoms with van der Waals surface area (Å²) in [7, 11) is 1.88. The van der Waals surface area contributed by atoms with Gasteiger partial charge in [0.05, 0.1) is 13.2 Å². The number of aromatic hydroxyl groups is 1. The lowest BCUT2D eigenvalue weighted by Gasteiger charge is -2.75. The Bertz CT molecular complexity index is 1290. The second-order valence-electron chi connectivity index (χ2n) is 13.8. The lowest BCUT2D eigenvalue weighted by atomic mass is 9.29. The van der Waals surface area contributed by atoms with Crippen LogP contribution >= 0.6 is 11.6 Å². The molecule has 0 radical (unpaired) electrons. The van der Waals surface area contributed by atoms with E-state index in [1.54, 1.807) is 0 Å². The molecule has 7 aliphatic rings. The van der Waals surface area contributed by atoms with Gasteiger partial charge in [-0.2, -0.15) is 0 Å². The second kappa shape index (κ2) is 7.92. The summed E-state index contributed by atoms with van der Waals surface area (Å²) in [5.41, 5.74) is 3.96. The molecule has 1 unspecified atom stereocenters. The summed E-state index contributed by atoms with van der Waals surface area (Å²) in [5.74, 6) is 2.87. The quantitative estimate of drug-likeness (QED) is 0.407. The highest BCUT2D eigenvalue weighted by atomic mass is 35.5. The topological polar surface area (TPSA) is 47.9 Å². The summed E-state index contributed by atoms with van der Waals surface area (Å²) in [6.07, 6.45) is 11.0. The zero-order valence-corrected chi connectivity index (χ0v) is 23.4. The molecule has 38 heavy (non-hydrogen) atoms. The summed E-state index contributed by atoms with van der Waals surface area (Å²) >= 11 is 6.10. The molecule has 4 bridgehead atoms. The highest BCUT2D eigenvalue weighted by molar-refractivity contribution is 6.30. The molecule has 2 aromatic rings. The van der Waals surface area contributed by atoms with Crippen molar-refractivity contribution in [1.82, 2.24) is 0 Å². The Hall–Kier alpha value is -1.75. The molecule has 7 atom stereocenters. The number of hydrogen-bond donors (Lipinski definition) is 1. The Labute approximate surface area is 231 Å². The summed E-state index contributed by atoms with van der Waals surface area (Å²) in [6, 6.07) is 12.0. The largest absolute Gasteiger partial charge is 0.504 e. The third-order valence-electron chi connectivity index (χ3n) is 12.3. The van der Waals surface area contributed by atoms with E-state index in [9.17, 15) is 5.11 Å². The molecule has 1 N–H and O–H groups in total. The first-order chi connectivity index (χ1) is 18.4. The fraction of sp³-hybridized carbons (Fsp3) is 0.636. The van der Waals surface area contributed by atoms with Crippen molar-refractivity contribution in [3.63, 3.8) is 0 Å². The SMILES string of the molecule is CO[C@]12CC[C@@]3(C[C@@H]1COCc1ccc(Cl)cc1)[C@H]1Cc4ccc(O)c5c4[C@@]3(CCC1(C)CC1CC1)[C@H]2O5. The molecule has 0 amide bonds. The van der Waals surface area contributed by atoms with Crippen molar-refractivity contribution in [1.29, 1.82) is 0 Å². The van der Waals surface area contributed by atoms with Crippen LogP contribution in [0.3, 0.4) is 0 Å². The van der Waals surface area contributed by atoms with Crippen LogP contribution in [-0.2, 0) is 27.9 Å². The molecule has 1 heterocycles. The fourth-order valence-corrected chi connectivity index (χ4v) is 10.8. The predicted molar refractivity (Wildman–Crippen MR) is 147 cm³/mol. The number of benzene rings is 2. The third kappa shape index (κ3) is 2.90. The van der Waals surface area contributed by atoms with Crippen LogP contribution in [0.25, 0.3) is 0 Å². The fourth-order valence-electron chi connectivity index (χ4n) is 10.7. The van der Waals surface area contributed by atoms with Crippen LogP contribution in [0.15, 0.2) is 36.4 Å². The molecule has 202 valence electrons. The van der Waals surface area contributed by atoms with E-state index in [2.05, 4.69) is 13.0 Å². The summed E-state index contributed by atoms with van der Waals surface area (Å²) in [6.45, 7) is 3.86. The van der Waals surface area contributed by atoms with Crippen LogP contribution in [0, 0.1) is 28.6 Å². The number of rotatable bonds is 7. The van der Waals surface area contributed by atoms with Crippen molar-refractivity contribution in [2.45, 2.75) is 88.4 Å². The van der Waals surface area contributed by atoms with Crippen LogP contribution in [0.2, 0.25) is 5.02 Å². The average Bonchev–Trinajstić information content (AvgIpc) is 3.64.